The van der Waals surface area contributed by atoms with Crippen molar-refractivity contribution >= 4 is 41.7 Å². The molecule has 2 heterocycles. The molecular formula is C13H26IN3S. The number of hydrogen-bond donors (Lipinski definition) is 1. The number of nitrogens with two attached hydrogens (primary N) is 1. The minimum atomic E-state index is 0. The van der Waals surface area contributed by atoms with E-state index in [1.807, 2.05) is 0 Å². The van der Waals surface area contributed by atoms with Crippen LogP contribution in [0.25, 0.3) is 0 Å². The van der Waals surface area contributed by atoms with E-state index in [0.29, 0.717) is 5.25 Å². The summed E-state index contributed by atoms with van der Waals surface area (Å²) in [5.41, 5.74) is 6.10. The first kappa shape index (κ1) is 16.4. The van der Waals surface area contributed by atoms with Crippen LogP contribution >= 0.6 is 35.7 Å². The average Bonchev–Trinajstić information content (AvgIpc) is 2.66. The SMILES string of the molecule is I.NC(=NCC1CCCCS1)N1CCCCCC1. The molecule has 2 N–H and O–H groups in total. The van der Waals surface area contributed by atoms with Crippen molar-refractivity contribution in [1.29, 1.82) is 0 Å². The number of hydrogen-bond acceptors (Lipinski definition) is 2. The maximum absolute atomic E-state index is 6.10. The summed E-state index contributed by atoms with van der Waals surface area (Å²) in [7, 11) is 0. The Labute approximate surface area is 132 Å². The lowest BCUT2D eigenvalue weighted by atomic mass is 10.2. The fourth-order valence-electron chi connectivity index (χ4n) is 2.55. The smallest absolute Gasteiger partial charge is 0.191 e. The Morgan fingerprint density at radius 2 is 1.83 bits per heavy atom. The highest BCUT2D eigenvalue weighted by Gasteiger charge is 2.15. The van der Waals surface area contributed by atoms with Gasteiger partial charge in [0.05, 0.1) is 6.54 Å². The van der Waals surface area contributed by atoms with Gasteiger partial charge >= 0.3 is 0 Å². The fraction of sp³-hybridized carbons (Fsp3) is 0.923. The van der Waals surface area contributed by atoms with E-state index in [1.165, 1.54) is 50.7 Å². The highest BCUT2D eigenvalue weighted by atomic mass is 127. The molecule has 2 aliphatic heterocycles. The van der Waals surface area contributed by atoms with Crippen LogP contribution < -0.4 is 5.73 Å². The van der Waals surface area contributed by atoms with Gasteiger partial charge in [0.15, 0.2) is 5.96 Å². The summed E-state index contributed by atoms with van der Waals surface area (Å²) in [6, 6.07) is 0. The third-order valence-corrected chi connectivity index (χ3v) is 5.04. The number of rotatable bonds is 2. The summed E-state index contributed by atoms with van der Waals surface area (Å²) < 4.78 is 0. The van der Waals surface area contributed by atoms with E-state index in [2.05, 4.69) is 21.7 Å². The minimum absolute atomic E-state index is 0. The van der Waals surface area contributed by atoms with Crippen LogP contribution in [-0.2, 0) is 0 Å². The van der Waals surface area contributed by atoms with Gasteiger partial charge in [-0.3, -0.25) is 4.99 Å². The van der Waals surface area contributed by atoms with Gasteiger partial charge in [0, 0.05) is 18.3 Å². The molecule has 5 heteroatoms. The Hall–Kier alpha value is 0.350. The number of thioether (sulfide) groups is 1. The number of halogens is 1. The Morgan fingerprint density at radius 1 is 1.11 bits per heavy atom. The Morgan fingerprint density at radius 3 is 2.44 bits per heavy atom. The summed E-state index contributed by atoms with van der Waals surface area (Å²) >= 11 is 2.07. The van der Waals surface area contributed by atoms with Gasteiger partial charge in [-0.25, -0.2) is 0 Å². The molecule has 0 saturated carbocycles. The molecule has 0 amide bonds. The molecule has 0 aromatic rings. The predicted octanol–water partition coefficient (Wildman–Crippen LogP) is 3.08. The third-order valence-electron chi connectivity index (χ3n) is 3.66. The van der Waals surface area contributed by atoms with Crippen LogP contribution in [0.1, 0.15) is 44.9 Å². The minimum Gasteiger partial charge on any atom is -0.370 e. The normalized spacial score (nSPS) is 26.3. The van der Waals surface area contributed by atoms with Gasteiger partial charge in [0.2, 0.25) is 0 Å². The van der Waals surface area contributed by atoms with Crippen molar-refractivity contribution in [2.24, 2.45) is 10.7 Å². The first-order valence-electron chi connectivity index (χ1n) is 7.03. The van der Waals surface area contributed by atoms with E-state index < -0.39 is 0 Å². The molecule has 0 bridgehead atoms. The maximum atomic E-state index is 6.10. The second-order valence-corrected chi connectivity index (χ2v) is 6.50. The van der Waals surface area contributed by atoms with E-state index in [1.54, 1.807) is 0 Å². The molecule has 0 aliphatic carbocycles. The Balaban J connectivity index is 0.00000162. The molecular weight excluding hydrogens is 357 g/mol. The lowest BCUT2D eigenvalue weighted by molar-refractivity contribution is 0.428. The van der Waals surface area contributed by atoms with Gasteiger partial charge in [-0.1, -0.05) is 19.3 Å². The van der Waals surface area contributed by atoms with E-state index in [0.717, 1.165) is 25.6 Å². The van der Waals surface area contributed by atoms with Crippen molar-refractivity contribution in [3.63, 3.8) is 0 Å². The molecule has 1 atom stereocenters. The lowest BCUT2D eigenvalue weighted by Gasteiger charge is -2.23. The number of guanidine groups is 1. The zero-order chi connectivity index (χ0) is 11.9. The maximum Gasteiger partial charge on any atom is 0.191 e. The van der Waals surface area contributed by atoms with Crippen LogP contribution in [-0.4, -0.2) is 41.5 Å². The van der Waals surface area contributed by atoms with Gasteiger partial charge < -0.3 is 10.6 Å². The van der Waals surface area contributed by atoms with Crippen LogP contribution in [0.3, 0.4) is 0 Å². The van der Waals surface area contributed by atoms with E-state index in [9.17, 15) is 0 Å². The van der Waals surface area contributed by atoms with Crippen LogP contribution in [0.5, 0.6) is 0 Å². The Kier molecular flexibility index (Phi) is 8.46. The van der Waals surface area contributed by atoms with Crippen molar-refractivity contribution in [1.82, 2.24) is 4.90 Å². The van der Waals surface area contributed by atoms with Gasteiger partial charge in [0.1, 0.15) is 0 Å². The monoisotopic (exact) mass is 383 g/mol. The first-order valence-corrected chi connectivity index (χ1v) is 8.07. The zero-order valence-corrected chi connectivity index (χ0v) is 14.3. The third kappa shape index (κ3) is 5.55. The van der Waals surface area contributed by atoms with Gasteiger partial charge in [-0.15, -0.1) is 24.0 Å². The molecule has 0 spiro atoms. The van der Waals surface area contributed by atoms with Crippen LogP contribution in [0.15, 0.2) is 4.99 Å². The zero-order valence-electron chi connectivity index (χ0n) is 11.1. The summed E-state index contributed by atoms with van der Waals surface area (Å²) in [6.07, 6.45) is 9.32. The van der Waals surface area contributed by atoms with Gasteiger partial charge in [0.25, 0.3) is 0 Å². The summed E-state index contributed by atoms with van der Waals surface area (Å²) in [6.45, 7) is 3.13. The lowest BCUT2D eigenvalue weighted by Crippen LogP contribution is -2.38. The number of aliphatic imine (C=N–C) groups is 1. The molecule has 2 rings (SSSR count). The topological polar surface area (TPSA) is 41.6 Å². The molecule has 2 fully saturated rings. The molecule has 0 aromatic carbocycles. The van der Waals surface area contributed by atoms with Gasteiger partial charge in [-0.2, -0.15) is 11.8 Å². The van der Waals surface area contributed by atoms with E-state index >= 15 is 0 Å². The van der Waals surface area contributed by atoms with Gasteiger partial charge in [-0.05, 0) is 31.4 Å². The molecule has 2 saturated heterocycles. The van der Waals surface area contributed by atoms with Crippen LogP contribution in [0.2, 0.25) is 0 Å². The molecule has 1 unspecified atom stereocenters. The van der Waals surface area contributed by atoms with Crippen LogP contribution in [0.4, 0.5) is 0 Å². The highest BCUT2D eigenvalue weighted by Crippen LogP contribution is 2.25. The van der Waals surface area contributed by atoms with E-state index in [4.69, 9.17) is 5.73 Å². The quantitative estimate of drug-likeness (QED) is 0.453. The Bertz CT molecular complexity index is 247. The molecule has 3 nitrogen and oxygen atoms in total. The standard InChI is InChI=1S/C13H25N3S.HI/c14-13(16-8-4-1-2-5-9-16)15-11-12-7-3-6-10-17-12;/h12H,1-11H2,(H2,14,15);1H. The molecule has 106 valence electrons. The van der Waals surface area contributed by atoms with Crippen molar-refractivity contribution in [3.8, 4) is 0 Å². The average molecular weight is 383 g/mol. The predicted molar refractivity (Wildman–Crippen MR) is 92.0 cm³/mol. The first-order chi connectivity index (χ1) is 8.36. The molecule has 2 aliphatic rings. The number of nitrogens with zero attached hydrogens (tertiary/aromatic N) is 2. The summed E-state index contributed by atoms with van der Waals surface area (Å²) in [4.78, 5) is 6.89. The fourth-order valence-corrected chi connectivity index (χ4v) is 3.76. The van der Waals surface area contributed by atoms with Crippen molar-refractivity contribution in [2.45, 2.75) is 50.2 Å². The molecule has 18 heavy (non-hydrogen) atoms. The second-order valence-electron chi connectivity index (χ2n) is 5.09. The molecule has 0 aromatic heterocycles. The largest absolute Gasteiger partial charge is 0.370 e. The second kappa shape index (κ2) is 9.28. The van der Waals surface area contributed by atoms with Crippen molar-refractivity contribution in [2.75, 3.05) is 25.4 Å². The van der Waals surface area contributed by atoms with Crippen molar-refractivity contribution in [3.05, 3.63) is 0 Å². The highest BCUT2D eigenvalue weighted by molar-refractivity contribution is 14.0. The summed E-state index contributed by atoms with van der Waals surface area (Å²) in [5.74, 6) is 2.10. The van der Waals surface area contributed by atoms with E-state index in [-0.39, 0.29) is 24.0 Å². The molecule has 0 radical (unpaired) electrons. The summed E-state index contributed by atoms with van der Waals surface area (Å²) in [5, 5.41) is 0.717. The van der Waals surface area contributed by atoms with Crippen molar-refractivity contribution < 1.29 is 0 Å². The number of likely N-dealkylation sites (tertiary alicyclic amines) is 1. The van der Waals surface area contributed by atoms with Crippen LogP contribution in [0, 0.1) is 0 Å².